The second-order valence-electron chi connectivity index (χ2n) is 9.94. The number of hydrogen-bond acceptors (Lipinski definition) is 5. The maximum absolute atomic E-state index is 14.2. The Morgan fingerprint density at radius 1 is 0.909 bits per heavy atom. The predicted octanol–water partition coefficient (Wildman–Crippen LogP) is 7.53. The second-order valence-corrected chi connectivity index (χ2v) is 12.6. The fourth-order valence-electron chi connectivity index (χ4n) is 4.85. The van der Waals surface area contributed by atoms with E-state index in [1.54, 1.807) is 43.3 Å². The van der Waals surface area contributed by atoms with Crippen LogP contribution < -0.4 is 5.32 Å². The van der Waals surface area contributed by atoms with E-state index in [1.807, 2.05) is 43.3 Å². The number of aryl methyl sites for hydroxylation is 1. The Balaban J connectivity index is 1.82. The number of amides is 1. The molecule has 1 heterocycles. The number of rotatable bonds is 9. The first-order valence-electron chi connectivity index (χ1n) is 13.7. The van der Waals surface area contributed by atoms with E-state index in [2.05, 4.69) is 5.32 Å². The Morgan fingerprint density at radius 3 is 2.18 bits per heavy atom. The van der Waals surface area contributed by atoms with Gasteiger partial charge < -0.3 is 10.1 Å². The van der Waals surface area contributed by atoms with Crippen molar-refractivity contribution in [1.29, 1.82) is 0 Å². The predicted molar refractivity (Wildman–Crippen MR) is 174 cm³/mol. The van der Waals surface area contributed by atoms with Gasteiger partial charge in [-0.2, -0.15) is 0 Å². The van der Waals surface area contributed by atoms with Crippen LogP contribution in [0.15, 0.2) is 102 Å². The number of carbonyl (C=O) groups excluding carboxylic acids is 2. The summed E-state index contributed by atoms with van der Waals surface area (Å²) in [5.41, 5.74) is 2.33. The standard InChI is InChI=1S/C34H28Cl2N2O5S/c1-3-43-34(40)32-28(20-27(24-12-8-5-9-13-24)33(39)37-21-23-10-6-4-7-11-23)31-29(36)18-25(35)19-30(31)38(32)44(41,42)26-16-14-22(2)15-17-26/h4-20H,3,21H2,1-2H3,(H,37,39)/b27-20+. The number of nitrogens with one attached hydrogen (secondary N) is 1. The van der Waals surface area contributed by atoms with Crippen molar-refractivity contribution in [3.63, 3.8) is 0 Å². The lowest BCUT2D eigenvalue weighted by molar-refractivity contribution is -0.115. The largest absolute Gasteiger partial charge is 0.461 e. The molecule has 44 heavy (non-hydrogen) atoms. The molecule has 0 spiro atoms. The lowest BCUT2D eigenvalue weighted by Gasteiger charge is -2.13. The molecule has 0 fully saturated rings. The SMILES string of the molecule is CCOC(=O)c1c(/C=C(/C(=O)NCc2ccccc2)c2ccccc2)c2c(Cl)cc(Cl)cc2n1S(=O)(=O)c1ccc(C)cc1. The van der Waals surface area contributed by atoms with Crippen LogP contribution in [0.1, 0.15) is 39.7 Å². The highest BCUT2D eigenvalue weighted by Gasteiger charge is 2.33. The van der Waals surface area contributed by atoms with Crippen LogP contribution in [0.5, 0.6) is 0 Å². The molecule has 0 saturated heterocycles. The van der Waals surface area contributed by atoms with E-state index in [4.69, 9.17) is 27.9 Å². The van der Waals surface area contributed by atoms with Gasteiger partial charge in [0, 0.05) is 28.1 Å². The van der Waals surface area contributed by atoms with E-state index in [9.17, 15) is 18.0 Å². The summed E-state index contributed by atoms with van der Waals surface area (Å²) in [4.78, 5) is 27.4. The molecule has 0 atom stereocenters. The summed E-state index contributed by atoms with van der Waals surface area (Å²) in [7, 11) is -4.39. The minimum Gasteiger partial charge on any atom is -0.461 e. The average Bonchev–Trinajstić information content (AvgIpc) is 3.35. The van der Waals surface area contributed by atoms with Crippen LogP contribution in [-0.2, 0) is 26.1 Å². The molecule has 0 bridgehead atoms. The third-order valence-corrected chi connectivity index (χ3v) is 9.17. The molecule has 0 aliphatic rings. The molecule has 0 saturated carbocycles. The minimum atomic E-state index is -4.39. The molecular formula is C34H28Cl2N2O5S. The second kappa shape index (κ2) is 13.1. The summed E-state index contributed by atoms with van der Waals surface area (Å²) < 4.78 is 34.8. The highest BCUT2D eigenvalue weighted by Crippen LogP contribution is 2.39. The minimum absolute atomic E-state index is 0.0221. The summed E-state index contributed by atoms with van der Waals surface area (Å²) in [5.74, 6) is -1.35. The monoisotopic (exact) mass is 646 g/mol. The molecule has 5 aromatic rings. The maximum Gasteiger partial charge on any atom is 0.356 e. The van der Waals surface area contributed by atoms with Crippen molar-refractivity contribution in [1.82, 2.24) is 9.29 Å². The van der Waals surface area contributed by atoms with Crippen molar-refractivity contribution < 1.29 is 22.7 Å². The number of ether oxygens (including phenoxy) is 1. The van der Waals surface area contributed by atoms with Gasteiger partial charge in [0.25, 0.3) is 15.9 Å². The zero-order valence-electron chi connectivity index (χ0n) is 23.9. The van der Waals surface area contributed by atoms with Gasteiger partial charge in [0.15, 0.2) is 5.69 Å². The maximum atomic E-state index is 14.2. The molecule has 0 unspecified atom stereocenters. The van der Waals surface area contributed by atoms with E-state index in [1.165, 1.54) is 30.3 Å². The van der Waals surface area contributed by atoms with Crippen LogP contribution in [0.25, 0.3) is 22.6 Å². The van der Waals surface area contributed by atoms with Crippen molar-refractivity contribution in [3.8, 4) is 0 Å². The Kier molecular flexibility index (Phi) is 9.25. The summed E-state index contributed by atoms with van der Waals surface area (Å²) in [6.45, 7) is 3.67. The molecule has 7 nitrogen and oxygen atoms in total. The van der Waals surface area contributed by atoms with Gasteiger partial charge in [-0.05, 0) is 55.3 Å². The van der Waals surface area contributed by atoms with Gasteiger partial charge >= 0.3 is 5.97 Å². The molecule has 5 rings (SSSR count). The Labute approximate surface area is 265 Å². The normalized spacial score (nSPS) is 11.9. The number of fused-ring (bicyclic) bond motifs is 1. The Bertz CT molecular complexity index is 1990. The number of aromatic nitrogens is 1. The van der Waals surface area contributed by atoms with Crippen LogP contribution in [-0.4, -0.2) is 30.9 Å². The van der Waals surface area contributed by atoms with Gasteiger partial charge in [-0.1, -0.05) is 102 Å². The summed E-state index contributed by atoms with van der Waals surface area (Å²) in [5, 5.41) is 3.41. The first kappa shape index (κ1) is 31.1. The molecule has 1 amide bonds. The average molecular weight is 648 g/mol. The van der Waals surface area contributed by atoms with Crippen LogP contribution in [0.2, 0.25) is 10.0 Å². The van der Waals surface area contributed by atoms with Crippen molar-refractivity contribution in [3.05, 3.63) is 135 Å². The molecule has 0 radical (unpaired) electrons. The van der Waals surface area contributed by atoms with E-state index in [0.717, 1.165) is 15.1 Å². The van der Waals surface area contributed by atoms with E-state index >= 15 is 0 Å². The van der Waals surface area contributed by atoms with Crippen molar-refractivity contribution >= 4 is 67.7 Å². The van der Waals surface area contributed by atoms with Crippen LogP contribution in [0.4, 0.5) is 0 Å². The molecular weight excluding hydrogens is 619 g/mol. The highest BCUT2D eigenvalue weighted by molar-refractivity contribution is 7.90. The van der Waals surface area contributed by atoms with Crippen LogP contribution >= 0.6 is 23.2 Å². The zero-order chi connectivity index (χ0) is 31.4. The lowest BCUT2D eigenvalue weighted by atomic mass is 10.00. The van der Waals surface area contributed by atoms with Crippen molar-refractivity contribution in [2.75, 3.05) is 6.61 Å². The quantitative estimate of drug-likeness (QED) is 0.132. The molecule has 224 valence electrons. The molecule has 1 aromatic heterocycles. The highest BCUT2D eigenvalue weighted by atomic mass is 35.5. The summed E-state index contributed by atoms with van der Waals surface area (Å²) in [6, 6.07) is 27.4. The fourth-order valence-corrected chi connectivity index (χ4v) is 6.94. The first-order chi connectivity index (χ1) is 21.1. The molecule has 1 N–H and O–H groups in total. The molecule has 0 aliphatic carbocycles. The number of nitrogens with zero attached hydrogens (tertiary/aromatic N) is 1. The lowest BCUT2D eigenvalue weighted by Crippen LogP contribution is -2.24. The number of esters is 1. The molecule has 0 aliphatic heterocycles. The number of carbonyl (C=O) groups is 2. The summed E-state index contributed by atoms with van der Waals surface area (Å²) >= 11 is 13.1. The third-order valence-electron chi connectivity index (χ3n) is 6.92. The zero-order valence-corrected chi connectivity index (χ0v) is 26.2. The van der Waals surface area contributed by atoms with Gasteiger partial charge in [-0.3, -0.25) is 4.79 Å². The molecule has 10 heteroatoms. The van der Waals surface area contributed by atoms with Gasteiger partial charge in [0.2, 0.25) is 0 Å². The van der Waals surface area contributed by atoms with Gasteiger partial charge in [-0.15, -0.1) is 0 Å². The topological polar surface area (TPSA) is 94.5 Å². The van der Waals surface area contributed by atoms with Crippen LogP contribution in [0.3, 0.4) is 0 Å². The van der Waals surface area contributed by atoms with E-state index in [-0.39, 0.29) is 55.8 Å². The number of hydrogen-bond donors (Lipinski definition) is 1. The third kappa shape index (κ3) is 6.28. The van der Waals surface area contributed by atoms with Gasteiger partial charge in [0.1, 0.15) is 0 Å². The first-order valence-corrected chi connectivity index (χ1v) is 15.9. The van der Waals surface area contributed by atoms with E-state index in [0.29, 0.717) is 5.56 Å². The van der Waals surface area contributed by atoms with Gasteiger partial charge in [-0.25, -0.2) is 17.2 Å². The smallest absolute Gasteiger partial charge is 0.356 e. The summed E-state index contributed by atoms with van der Waals surface area (Å²) in [6.07, 6.45) is 1.48. The van der Waals surface area contributed by atoms with E-state index < -0.39 is 21.9 Å². The van der Waals surface area contributed by atoms with Crippen molar-refractivity contribution in [2.24, 2.45) is 0 Å². The fraction of sp³-hybridized carbons (Fsp3) is 0.118. The van der Waals surface area contributed by atoms with Gasteiger partial charge in [0.05, 0.1) is 22.0 Å². The van der Waals surface area contributed by atoms with Crippen LogP contribution in [0, 0.1) is 6.92 Å². The number of benzene rings is 4. The molecule has 4 aromatic carbocycles. The van der Waals surface area contributed by atoms with Crippen molar-refractivity contribution in [2.45, 2.75) is 25.3 Å². The Morgan fingerprint density at radius 2 is 1.55 bits per heavy atom. The number of halogens is 2. The Hall–Kier alpha value is -4.37.